The van der Waals surface area contributed by atoms with E-state index in [0.717, 1.165) is 5.52 Å². The van der Waals surface area contributed by atoms with Gasteiger partial charge in [-0.05, 0) is 32.0 Å². The maximum absolute atomic E-state index is 12.8. The number of hydrogen-bond acceptors (Lipinski definition) is 8. The number of nitrogen functional groups attached to an aromatic ring is 2. The van der Waals surface area contributed by atoms with Crippen LogP contribution in [-0.2, 0) is 5.54 Å². The van der Waals surface area contributed by atoms with E-state index in [1.54, 1.807) is 30.6 Å². The molecule has 4 aromatic rings. The molecular weight excluding hydrogens is 382 g/mol. The topological polar surface area (TPSA) is 138 Å². The van der Waals surface area contributed by atoms with Gasteiger partial charge in [-0.3, -0.25) is 4.40 Å². The molecule has 4 rings (SSSR count). The zero-order chi connectivity index (χ0) is 20.8. The van der Waals surface area contributed by atoms with Crippen molar-refractivity contribution in [2.24, 2.45) is 0 Å². The first-order valence-corrected chi connectivity index (χ1v) is 8.59. The van der Waals surface area contributed by atoms with Crippen LogP contribution < -0.4 is 16.8 Å². The Hall–Kier alpha value is -3.83. The van der Waals surface area contributed by atoms with Crippen LogP contribution in [0, 0.1) is 0 Å². The third-order valence-electron chi connectivity index (χ3n) is 4.34. The number of aromatic nitrogens is 7. The lowest BCUT2D eigenvalue weighted by atomic mass is 10.0. The lowest BCUT2D eigenvalue weighted by Crippen LogP contribution is -2.30. The van der Waals surface area contributed by atoms with Crippen LogP contribution in [0.3, 0.4) is 0 Å². The highest BCUT2D eigenvalue weighted by Gasteiger charge is 2.26. The molecule has 0 aliphatic heterocycles. The molecule has 0 radical (unpaired) electrons. The molecule has 12 heteroatoms. The van der Waals surface area contributed by atoms with E-state index in [4.69, 9.17) is 11.5 Å². The van der Waals surface area contributed by atoms with E-state index in [2.05, 4.69) is 30.4 Å². The third-order valence-corrected chi connectivity index (χ3v) is 4.34. The number of nitrogens with one attached hydrogen (secondary N) is 1. The summed E-state index contributed by atoms with van der Waals surface area (Å²) in [6.07, 6.45) is 4.60. The number of nitrogens with two attached hydrogens (primary N) is 2. The minimum absolute atomic E-state index is 0.00473. The van der Waals surface area contributed by atoms with Gasteiger partial charge in [-0.25, -0.2) is 9.67 Å². The minimum atomic E-state index is -2.72. The van der Waals surface area contributed by atoms with E-state index >= 15 is 0 Å². The molecule has 0 spiro atoms. The Labute approximate surface area is 163 Å². The number of pyridine rings is 1. The molecule has 0 atom stereocenters. The van der Waals surface area contributed by atoms with Gasteiger partial charge in [-0.15, -0.1) is 0 Å². The average molecular weight is 400 g/mol. The summed E-state index contributed by atoms with van der Waals surface area (Å²) in [6, 6.07) is 5.14. The van der Waals surface area contributed by atoms with Gasteiger partial charge in [0.15, 0.2) is 5.82 Å². The fourth-order valence-electron chi connectivity index (χ4n) is 2.84. The lowest BCUT2D eigenvalue weighted by Gasteiger charge is -2.24. The largest absolute Gasteiger partial charge is 0.369 e. The molecule has 0 amide bonds. The van der Waals surface area contributed by atoms with E-state index in [0.29, 0.717) is 27.7 Å². The van der Waals surface area contributed by atoms with Gasteiger partial charge in [-0.1, -0.05) is 0 Å². The first kappa shape index (κ1) is 18.5. The maximum atomic E-state index is 12.8. The Morgan fingerprint density at radius 1 is 1.10 bits per heavy atom. The first-order valence-electron chi connectivity index (χ1n) is 8.59. The summed E-state index contributed by atoms with van der Waals surface area (Å²) in [6.45, 7) is 0.816. The fraction of sp³-hybridized carbons (Fsp3) is 0.235. The molecule has 0 aliphatic rings. The van der Waals surface area contributed by atoms with Crippen molar-refractivity contribution >= 4 is 23.4 Å². The number of anilines is 3. The molecule has 4 aromatic heterocycles. The highest BCUT2D eigenvalue weighted by atomic mass is 19.3. The van der Waals surface area contributed by atoms with Crippen LogP contribution in [0.15, 0.2) is 36.8 Å². The van der Waals surface area contributed by atoms with Gasteiger partial charge in [0.2, 0.25) is 17.8 Å². The highest BCUT2D eigenvalue weighted by molar-refractivity contribution is 5.62. The minimum Gasteiger partial charge on any atom is -0.369 e. The van der Waals surface area contributed by atoms with Gasteiger partial charge in [0.25, 0.3) is 0 Å². The zero-order valence-electron chi connectivity index (χ0n) is 15.6. The molecule has 0 aliphatic carbocycles. The Bertz CT molecular complexity index is 1180. The van der Waals surface area contributed by atoms with Crippen LogP contribution in [0.2, 0.25) is 0 Å². The fourth-order valence-corrected chi connectivity index (χ4v) is 2.84. The van der Waals surface area contributed by atoms with Crippen LogP contribution in [0.1, 0.15) is 26.1 Å². The number of hydrogen-bond donors (Lipinski definition) is 3. The Kier molecular flexibility index (Phi) is 4.25. The van der Waals surface area contributed by atoms with E-state index in [9.17, 15) is 8.78 Å². The van der Waals surface area contributed by atoms with Gasteiger partial charge in [0, 0.05) is 18.0 Å². The maximum Gasteiger partial charge on any atom is 0.333 e. The summed E-state index contributed by atoms with van der Waals surface area (Å²) in [7, 11) is 0. The highest BCUT2D eigenvalue weighted by Crippen LogP contribution is 2.26. The summed E-state index contributed by atoms with van der Waals surface area (Å²) < 4.78 is 27.9. The summed E-state index contributed by atoms with van der Waals surface area (Å²) in [5.41, 5.74) is 12.7. The van der Waals surface area contributed by atoms with Gasteiger partial charge < -0.3 is 16.8 Å². The molecule has 0 bridgehead atoms. The third kappa shape index (κ3) is 3.51. The van der Waals surface area contributed by atoms with Crippen molar-refractivity contribution in [3.63, 3.8) is 0 Å². The van der Waals surface area contributed by atoms with E-state index in [-0.39, 0.29) is 11.9 Å². The van der Waals surface area contributed by atoms with Gasteiger partial charge >= 0.3 is 6.55 Å². The van der Waals surface area contributed by atoms with E-state index in [1.165, 1.54) is 12.3 Å². The smallest absolute Gasteiger partial charge is 0.333 e. The number of fused-ring (bicyclic) bond motifs is 1. The quantitative estimate of drug-likeness (QED) is 0.464. The Morgan fingerprint density at radius 3 is 2.62 bits per heavy atom. The van der Waals surface area contributed by atoms with E-state index < -0.39 is 12.1 Å². The van der Waals surface area contributed by atoms with Crippen molar-refractivity contribution in [1.29, 1.82) is 0 Å². The average Bonchev–Trinajstić information content (AvgIpc) is 3.29. The van der Waals surface area contributed by atoms with Crippen molar-refractivity contribution in [3.05, 3.63) is 42.5 Å². The molecule has 0 unspecified atom stereocenters. The molecule has 10 nitrogen and oxygen atoms in total. The first-order chi connectivity index (χ1) is 13.7. The number of alkyl halides is 2. The molecular formula is C17H18F2N10. The SMILES string of the molecule is CC(C)(Nc1nc(N)nc(-c2ccc3cnc(N)n3c2)n1)c1ccn(C(F)F)n1. The molecule has 0 saturated carbocycles. The van der Waals surface area contributed by atoms with Crippen LogP contribution >= 0.6 is 0 Å². The summed E-state index contributed by atoms with van der Waals surface area (Å²) >= 11 is 0. The van der Waals surface area contributed by atoms with E-state index in [1.807, 2.05) is 12.1 Å². The lowest BCUT2D eigenvalue weighted by molar-refractivity contribution is 0.0558. The summed E-state index contributed by atoms with van der Waals surface area (Å²) in [5.74, 6) is 0.842. The zero-order valence-corrected chi connectivity index (χ0v) is 15.6. The second-order valence-electron chi connectivity index (χ2n) is 6.88. The summed E-state index contributed by atoms with van der Waals surface area (Å²) in [5, 5.41) is 6.97. The van der Waals surface area contributed by atoms with Crippen molar-refractivity contribution in [2.75, 3.05) is 16.8 Å². The molecule has 4 heterocycles. The van der Waals surface area contributed by atoms with Crippen molar-refractivity contribution in [2.45, 2.75) is 25.9 Å². The van der Waals surface area contributed by atoms with Crippen LogP contribution in [-0.4, -0.2) is 34.1 Å². The molecule has 0 aromatic carbocycles. The molecule has 150 valence electrons. The van der Waals surface area contributed by atoms with Gasteiger partial charge in [0.05, 0.1) is 22.9 Å². The van der Waals surface area contributed by atoms with Crippen molar-refractivity contribution < 1.29 is 8.78 Å². The second kappa shape index (κ2) is 6.65. The van der Waals surface area contributed by atoms with Gasteiger partial charge in [0.1, 0.15) is 0 Å². The predicted molar refractivity (Wildman–Crippen MR) is 103 cm³/mol. The number of rotatable bonds is 5. The monoisotopic (exact) mass is 400 g/mol. The number of halogens is 2. The Morgan fingerprint density at radius 2 is 1.90 bits per heavy atom. The van der Waals surface area contributed by atoms with Crippen LogP contribution in [0.25, 0.3) is 16.9 Å². The molecule has 5 N–H and O–H groups in total. The number of nitrogens with zero attached hydrogens (tertiary/aromatic N) is 7. The van der Waals surface area contributed by atoms with Crippen molar-refractivity contribution in [3.8, 4) is 11.4 Å². The predicted octanol–water partition coefficient (Wildman–Crippen LogP) is 2.29. The van der Waals surface area contributed by atoms with Crippen molar-refractivity contribution in [1.82, 2.24) is 34.1 Å². The summed E-state index contributed by atoms with van der Waals surface area (Å²) in [4.78, 5) is 16.7. The second-order valence-corrected chi connectivity index (χ2v) is 6.88. The Balaban J connectivity index is 1.67. The molecule has 0 saturated heterocycles. The molecule has 0 fully saturated rings. The number of imidazole rings is 1. The normalized spacial score (nSPS) is 12.0. The van der Waals surface area contributed by atoms with Gasteiger partial charge in [-0.2, -0.15) is 28.8 Å². The molecule has 29 heavy (non-hydrogen) atoms. The standard InChI is InChI=1S/C17H18F2N10/c1-17(2,11-5-6-29(27-11)13(18)19)26-16-24-12(23-14(20)25-16)9-3-4-10-7-22-15(21)28(10)8-9/h3-8,13H,1-2H3,(H2,21,22)(H3,20,23,24,25,26). The van der Waals surface area contributed by atoms with Crippen LogP contribution in [0.4, 0.5) is 26.6 Å². The van der Waals surface area contributed by atoms with Crippen LogP contribution in [0.5, 0.6) is 0 Å².